The molecule has 1 atom stereocenters. The summed E-state index contributed by atoms with van der Waals surface area (Å²) in [4.78, 5) is 34.5. The molecule has 0 bridgehead atoms. The third kappa shape index (κ3) is 4.59. The highest BCUT2D eigenvalue weighted by atomic mass is 32.2. The molecule has 2 heterocycles. The molecule has 0 spiro atoms. The Labute approximate surface area is 184 Å². The number of methoxy groups -OCH3 is 2. The zero-order valence-electron chi connectivity index (χ0n) is 17.3. The van der Waals surface area contributed by atoms with Crippen molar-refractivity contribution in [3.63, 3.8) is 0 Å². The van der Waals surface area contributed by atoms with E-state index in [1.54, 1.807) is 12.0 Å². The minimum absolute atomic E-state index is 0.0146. The molecule has 3 aromatic rings. The van der Waals surface area contributed by atoms with Gasteiger partial charge in [0.1, 0.15) is 11.0 Å². The van der Waals surface area contributed by atoms with Crippen LogP contribution in [0.2, 0.25) is 0 Å². The number of carbonyl (C=O) groups excluding carboxylic acids is 2. The van der Waals surface area contributed by atoms with Crippen molar-refractivity contribution in [3.8, 4) is 5.75 Å². The lowest BCUT2D eigenvalue weighted by molar-refractivity contribution is -0.142. The van der Waals surface area contributed by atoms with Crippen LogP contribution in [0.1, 0.15) is 12.0 Å². The Balaban J connectivity index is 1.59. The molecule has 31 heavy (non-hydrogen) atoms. The number of benzene rings is 2. The normalized spacial score (nSPS) is 17.5. The summed E-state index contributed by atoms with van der Waals surface area (Å²) in [5.74, 6) is 0.148. The number of amidine groups is 1. The van der Waals surface area contributed by atoms with Gasteiger partial charge in [0.2, 0.25) is 5.91 Å². The quantitative estimate of drug-likeness (QED) is 0.567. The average Bonchev–Trinajstić information content (AvgIpc) is 3.33. The van der Waals surface area contributed by atoms with Gasteiger partial charge in [0.15, 0.2) is 5.17 Å². The smallest absolute Gasteiger partial charge is 0.307 e. The fourth-order valence-corrected chi connectivity index (χ4v) is 4.70. The Morgan fingerprint density at radius 3 is 2.84 bits per heavy atom. The number of esters is 1. The van der Waals surface area contributed by atoms with E-state index < -0.39 is 11.2 Å². The predicted molar refractivity (Wildman–Crippen MR) is 122 cm³/mol. The van der Waals surface area contributed by atoms with E-state index in [0.29, 0.717) is 29.6 Å². The van der Waals surface area contributed by atoms with Crippen LogP contribution in [0, 0.1) is 0 Å². The first-order valence-electron chi connectivity index (χ1n) is 9.91. The molecule has 0 saturated carbocycles. The largest absolute Gasteiger partial charge is 0.497 e. The van der Waals surface area contributed by atoms with Gasteiger partial charge in [0.05, 0.1) is 26.3 Å². The van der Waals surface area contributed by atoms with Crippen LogP contribution < -0.4 is 4.74 Å². The Kier molecular flexibility index (Phi) is 6.27. The number of hydrogen-bond acceptors (Lipinski definition) is 6. The maximum absolute atomic E-state index is 13.1. The number of amides is 1. The molecule has 1 fully saturated rings. The van der Waals surface area contributed by atoms with Crippen LogP contribution in [0.4, 0.5) is 5.69 Å². The highest BCUT2D eigenvalue weighted by molar-refractivity contribution is 8.15. The number of nitrogens with zero attached hydrogens (tertiary/aromatic N) is 2. The number of nitrogens with one attached hydrogen (secondary N) is 1. The van der Waals surface area contributed by atoms with Crippen molar-refractivity contribution in [2.45, 2.75) is 18.1 Å². The maximum atomic E-state index is 13.1. The summed E-state index contributed by atoms with van der Waals surface area (Å²) < 4.78 is 10.0. The topological polar surface area (TPSA) is 84.0 Å². The molecule has 1 aliphatic heterocycles. The number of hydrogen-bond donors (Lipinski definition) is 1. The van der Waals surface area contributed by atoms with Gasteiger partial charge < -0.3 is 14.5 Å². The van der Waals surface area contributed by atoms with E-state index in [-0.39, 0.29) is 12.3 Å². The molecular weight excluding hydrogens is 414 g/mol. The van der Waals surface area contributed by atoms with E-state index in [9.17, 15) is 9.59 Å². The molecule has 2 aromatic carbocycles. The van der Waals surface area contributed by atoms with Gasteiger partial charge in [-0.2, -0.15) is 0 Å². The SMILES string of the molecule is COC(=O)CC1SC(=Nc2cccc(OC)c2)N(CCc2c[nH]c3ccccc23)C1=O. The van der Waals surface area contributed by atoms with Crippen LogP contribution >= 0.6 is 11.8 Å². The highest BCUT2D eigenvalue weighted by Gasteiger charge is 2.39. The summed E-state index contributed by atoms with van der Waals surface area (Å²) in [5.41, 5.74) is 2.88. The Bertz CT molecular complexity index is 1140. The van der Waals surface area contributed by atoms with Gasteiger partial charge in [-0.15, -0.1) is 0 Å². The summed E-state index contributed by atoms with van der Waals surface area (Å²) >= 11 is 1.30. The van der Waals surface area contributed by atoms with Gasteiger partial charge in [-0.3, -0.25) is 14.5 Å². The lowest BCUT2D eigenvalue weighted by atomic mass is 10.1. The Hall–Kier alpha value is -3.26. The summed E-state index contributed by atoms with van der Waals surface area (Å²) in [6.45, 7) is 0.466. The first-order valence-corrected chi connectivity index (χ1v) is 10.8. The fraction of sp³-hybridized carbons (Fsp3) is 0.261. The molecule has 4 rings (SSSR count). The first kappa shape index (κ1) is 21.0. The van der Waals surface area contributed by atoms with Gasteiger partial charge in [-0.1, -0.05) is 36.0 Å². The van der Waals surface area contributed by atoms with Crippen LogP contribution in [0.3, 0.4) is 0 Å². The van der Waals surface area contributed by atoms with Crippen LogP contribution in [0.15, 0.2) is 59.7 Å². The third-order valence-electron chi connectivity index (χ3n) is 5.16. The molecule has 7 nitrogen and oxygen atoms in total. The van der Waals surface area contributed by atoms with Gasteiger partial charge in [0, 0.05) is 29.7 Å². The van der Waals surface area contributed by atoms with Crippen LogP contribution in [-0.4, -0.2) is 52.9 Å². The predicted octanol–water partition coefficient (Wildman–Crippen LogP) is 3.91. The number of ether oxygens (including phenoxy) is 2. The molecule has 1 unspecified atom stereocenters. The second kappa shape index (κ2) is 9.26. The molecule has 160 valence electrons. The summed E-state index contributed by atoms with van der Waals surface area (Å²) in [5, 5.41) is 1.17. The molecular formula is C23H23N3O4S. The van der Waals surface area contributed by atoms with Crippen molar-refractivity contribution in [3.05, 3.63) is 60.3 Å². The molecule has 1 aromatic heterocycles. The van der Waals surface area contributed by atoms with E-state index in [4.69, 9.17) is 9.47 Å². The molecule has 1 amide bonds. The maximum Gasteiger partial charge on any atom is 0.307 e. The summed E-state index contributed by atoms with van der Waals surface area (Å²) in [6.07, 6.45) is 2.66. The molecule has 8 heteroatoms. The highest BCUT2D eigenvalue weighted by Crippen LogP contribution is 2.33. The van der Waals surface area contributed by atoms with Crippen LogP contribution in [-0.2, 0) is 20.7 Å². The fourth-order valence-electron chi connectivity index (χ4n) is 3.53. The summed E-state index contributed by atoms with van der Waals surface area (Å²) in [6, 6.07) is 15.4. The number of para-hydroxylation sites is 1. The minimum Gasteiger partial charge on any atom is -0.497 e. The second-order valence-corrected chi connectivity index (χ2v) is 8.25. The van der Waals surface area contributed by atoms with Crippen molar-refractivity contribution in [2.24, 2.45) is 4.99 Å². The molecule has 1 aliphatic rings. The molecule has 0 aliphatic carbocycles. The minimum atomic E-state index is -0.542. The van der Waals surface area contributed by atoms with E-state index in [2.05, 4.69) is 16.0 Å². The lowest BCUT2D eigenvalue weighted by Crippen LogP contribution is -2.34. The lowest BCUT2D eigenvalue weighted by Gasteiger charge is -2.16. The first-order chi connectivity index (χ1) is 15.1. The number of aromatic amines is 1. The number of aromatic nitrogens is 1. The van der Waals surface area contributed by atoms with Gasteiger partial charge in [-0.25, -0.2) is 4.99 Å². The van der Waals surface area contributed by atoms with Crippen molar-refractivity contribution in [1.29, 1.82) is 0 Å². The molecule has 1 saturated heterocycles. The van der Waals surface area contributed by atoms with Gasteiger partial charge in [-0.05, 0) is 30.2 Å². The van der Waals surface area contributed by atoms with E-state index >= 15 is 0 Å². The monoisotopic (exact) mass is 437 g/mol. The summed E-state index contributed by atoms with van der Waals surface area (Å²) in [7, 11) is 2.92. The van der Waals surface area contributed by atoms with Crippen molar-refractivity contribution >= 4 is 45.4 Å². The van der Waals surface area contributed by atoms with Crippen LogP contribution in [0.5, 0.6) is 5.75 Å². The van der Waals surface area contributed by atoms with Crippen molar-refractivity contribution in [1.82, 2.24) is 9.88 Å². The molecule has 1 N–H and O–H groups in total. The zero-order chi connectivity index (χ0) is 21.8. The number of H-pyrrole nitrogens is 1. The van der Waals surface area contributed by atoms with Crippen molar-refractivity contribution in [2.75, 3.05) is 20.8 Å². The number of rotatable bonds is 7. The van der Waals surface area contributed by atoms with Gasteiger partial charge in [0.25, 0.3) is 0 Å². The standard InChI is InChI=1S/C23H23N3O4S/c1-29-17-7-5-6-16(12-17)25-23-26(22(28)20(31-23)13-21(27)30-2)11-10-15-14-24-19-9-4-3-8-18(15)19/h3-9,12,14,20,24H,10-11,13H2,1-2H3. The second-order valence-electron chi connectivity index (χ2n) is 7.08. The number of carbonyl (C=O) groups is 2. The number of thioether (sulfide) groups is 1. The zero-order valence-corrected chi connectivity index (χ0v) is 18.1. The van der Waals surface area contributed by atoms with Gasteiger partial charge >= 0.3 is 5.97 Å². The molecule has 0 radical (unpaired) electrons. The van der Waals surface area contributed by atoms with E-state index in [1.165, 1.54) is 18.9 Å². The number of aliphatic imine (C=N–C) groups is 1. The van der Waals surface area contributed by atoms with E-state index in [1.807, 2.05) is 48.7 Å². The third-order valence-corrected chi connectivity index (χ3v) is 6.33. The Morgan fingerprint density at radius 2 is 2.03 bits per heavy atom. The van der Waals surface area contributed by atoms with E-state index in [0.717, 1.165) is 16.5 Å². The van der Waals surface area contributed by atoms with Crippen molar-refractivity contribution < 1.29 is 19.1 Å². The Morgan fingerprint density at radius 1 is 1.19 bits per heavy atom. The average molecular weight is 438 g/mol. The number of fused-ring (bicyclic) bond motifs is 1. The van der Waals surface area contributed by atoms with Crippen LogP contribution in [0.25, 0.3) is 10.9 Å².